The molecule has 3 nitrogen and oxygen atoms in total. The van der Waals surface area contributed by atoms with Crippen molar-refractivity contribution >= 4 is 5.91 Å². The molecule has 0 saturated heterocycles. The van der Waals surface area contributed by atoms with Gasteiger partial charge in [0.2, 0.25) is 5.91 Å². The van der Waals surface area contributed by atoms with Crippen LogP contribution in [0.25, 0.3) is 0 Å². The average molecular weight is 260 g/mol. The molecule has 0 spiro atoms. The van der Waals surface area contributed by atoms with E-state index in [1.807, 2.05) is 18.2 Å². The predicted octanol–water partition coefficient (Wildman–Crippen LogP) is 2.64. The second-order valence-electron chi connectivity index (χ2n) is 5.46. The normalized spacial score (nSPS) is 17.8. The second kappa shape index (κ2) is 6.71. The Kier molecular flexibility index (Phi) is 4.97. The average Bonchev–Trinajstić information content (AvgIpc) is 3.21. The van der Waals surface area contributed by atoms with Gasteiger partial charge in [-0.2, -0.15) is 0 Å². The molecule has 0 radical (unpaired) electrons. The van der Waals surface area contributed by atoms with Gasteiger partial charge in [-0.25, -0.2) is 0 Å². The topological polar surface area (TPSA) is 41.1 Å². The van der Waals surface area contributed by atoms with Crippen LogP contribution in [-0.2, 0) is 4.79 Å². The van der Waals surface area contributed by atoms with Crippen LogP contribution in [0.15, 0.2) is 30.3 Å². The van der Waals surface area contributed by atoms with Crippen molar-refractivity contribution in [3.8, 4) is 0 Å². The van der Waals surface area contributed by atoms with Crippen molar-refractivity contribution < 1.29 is 4.79 Å². The Bertz CT molecular complexity index is 400. The Morgan fingerprint density at radius 1 is 1.32 bits per heavy atom. The first-order valence-electron chi connectivity index (χ1n) is 7.28. The number of carbonyl (C=O) groups excluding carboxylic acids is 1. The summed E-state index contributed by atoms with van der Waals surface area (Å²) in [6.07, 6.45) is 3.00. The number of hydrogen-bond acceptors (Lipinski definition) is 2. The zero-order chi connectivity index (χ0) is 13.7. The van der Waals surface area contributed by atoms with Crippen molar-refractivity contribution in [3.05, 3.63) is 35.9 Å². The molecule has 19 heavy (non-hydrogen) atoms. The lowest BCUT2D eigenvalue weighted by Crippen LogP contribution is -2.36. The summed E-state index contributed by atoms with van der Waals surface area (Å²) in [5.41, 5.74) is 1.23. The molecule has 0 heterocycles. The number of nitrogens with one attached hydrogen (secondary N) is 2. The highest BCUT2D eigenvalue weighted by Crippen LogP contribution is 2.40. The highest BCUT2D eigenvalue weighted by Gasteiger charge is 2.33. The largest absolute Gasteiger partial charge is 0.349 e. The first kappa shape index (κ1) is 14.1. The van der Waals surface area contributed by atoms with Gasteiger partial charge in [0.1, 0.15) is 0 Å². The van der Waals surface area contributed by atoms with Gasteiger partial charge in [-0.05, 0) is 37.8 Å². The van der Waals surface area contributed by atoms with Crippen LogP contribution in [0.3, 0.4) is 0 Å². The molecule has 0 aliphatic heterocycles. The Labute approximate surface area is 115 Å². The molecule has 104 valence electrons. The van der Waals surface area contributed by atoms with Crippen LogP contribution >= 0.6 is 0 Å². The van der Waals surface area contributed by atoms with E-state index in [0.29, 0.717) is 12.3 Å². The van der Waals surface area contributed by atoms with Gasteiger partial charge in [-0.15, -0.1) is 0 Å². The van der Waals surface area contributed by atoms with E-state index in [0.717, 1.165) is 6.54 Å². The molecular formula is C16H24N2O. The Hall–Kier alpha value is -1.35. The fourth-order valence-electron chi connectivity index (χ4n) is 2.49. The molecule has 1 aliphatic carbocycles. The van der Waals surface area contributed by atoms with Crippen LogP contribution in [0, 0.1) is 5.92 Å². The highest BCUT2D eigenvalue weighted by atomic mass is 16.1. The van der Waals surface area contributed by atoms with Gasteiger partial charge in [0, 0.05) is 12.5 Å². The summed E-state index contributed by atoms with van der Waals surface area (Å²) < 4.78 is 0. The molecule has 1 aliphatic rings. The summed E-state index contributed by atoms with van der Waals surface area (Å²) in [5.74, 6) is 0.773. The summed E-state index contributed by atoms with van der Waals surface area (Å²) >= 11 is 0. The smallest absolute Gasteiger partial charge is 0.222 e. The maximum Gasteiger partial charge on any atom is 0.222 e. The standard InChI is InChI=1S/C16H24N2O/c1-3-17-12(2)11-15(19)18-16(14-9-10-14)13-7-5-4-6-8-13/h4-8,12,14,16-17H,3,9-11H2,1-2H3,(H,18,19). The minimum absolute atomic E-state index is 0.147. The van der Waals surface area contributed by atoms with Gasteiger partial charge < -0.3 is 10.6 Å². The molecule has 1 saturated carbocycles. The minimum Gasteiger partial charge on any atom is -0.349 e. The quantitative estimate of drug-likeness (QED) is 0.791. The van der Waals surface area contributed by atoms with E-state index in [2.05, 4.69) is 36.6 Å². The Morgan fingerprint density at radius 3 is 2.58 bits per heavy atom. The van der Waals surface area contributed by atoms with Crippen LogP contribution in [0.1, 0.15) is 44.7 Å². The van der Waals surface area contributed by atoms with Crippen molar-refractivity contribution in [2.75, 3.05) is 6.54 Å². The van der Waals surface area contributed by atoms with Gasteiger partial charge >= 0.3 is 0 Å². The molecule has 0 aromatic heterocycles. The molecule has 1 aromatic carbocycles. The number of amides is 1. The summed E-state index contributed by atoms with van der Waals surface area (Å²) in [6, 6.07) is 10.7. The van der Waals surface area contributed by atoms with E-state index in [-0.39, 0.29) is 18.0 Å². The van der Waals surface area contributed by atoms with Gasteiger partial charge in [0.25, 0.3) is 0 Å². The van der Waals surface area contributed by atoms with E-state index in [9.17, 15) is 4.79 Å². The molecule has 1 amide bonds. The highest BCUT2D eigenvalue weighted by molar-refractivity contribution is 5.77. The van der Waals surface area contributed by atoms with Crippen molar-refractivity contribution in [2.24, 2.45) is 5.92 Å². The molecule has 2 unspecified atom stereocenters. The number of rotatable bonds is 7. The van der Waals surface area contributed by atoms with E-state index in [4.69, 9.17) is 0 Å². The fourth-order valence-corrected chi connectivity index (χ4v) is 2.49. The van der Waals surface area contributed by atoms with Crippen LogP contribution in [0.4, 0.5) is 0 Å². The number of benzene rings is 1. The van der Waals surface area contributed by atoms with Crippen LogP contribution < -0.4 is 10.6 Å². The Morgan fingerprint density at radius 2 is 2.00 bits per heavy atom. The van der Waals surface area contributed by atoms with E-state index in [1.165, 1.54) is 18.4 Å². The maximum atomic E-state index is 12.1. The molecular weight excluding hydrogens is 236 g/mol. The zero-order valence-corrected chi connectivity index (χ0v) is 11.9. The lowest BCUT2D eigenvalue weighted by atomic mass is 10.0. The number of carbonyl (C=O) groups is 1. The monoisotopic (exact) mass is 260 g/mol. The Balaban J connectivity index is 1.92. The lowest BCUT2D eigenvalue weighted by molar-refractivity contribution is -0.122. The molecule has 1 aromatic rings. The van der Waals surface area contributed by atoms with Crippen molar-refractivity contribution in [1.29, 1.82) is 0 Å². The third-order valence-corrected chi connectivity index (χ3v) is 3.61. The third kappa shape index (κ3) is 4.35. The molecule has 2 N–H and O–H groups in total. The maximum absolute atomic E-state index is 12.1. The molecule has 0 bridgehead atoms. The zero-order valence-electron chi connectivity index (χ0n) is 11.9. The number of hydrogen-bond donors (Lipinski definition) is 2. The van der Waals surface area contributed by atoms with Crippen LogP contribution in [-0.4, -0.2) is 18.5 Å². The SMILES string of the molecule is CCNC(C)CC(=O)NC(c1ccccc1)C1CC1. The van der Waals surface area contributed by atoms with Crippen LogP contribution in [0.5, 0.6) is 0 Å². The molecule has 3 heteroatoms. The first-order chi connectivity index (χ1) is 9.20. The summed E-state index contributed by atoms with van der Waals surface area (Å²) in [7, 11) is 0. The summed E-state index contributed by atoms with van der Waals surface area (Å²) in [5, 5.41) is 6.48. The van der Waals surface area contributed by atoms with E-state index < -0.39 is 0 Å². The van der Waals surface area contributed by atoms with Crippen molar-refractivity contribution in [1.82, 2.24) is 10.6 Å². The lowest BCUT2D eigenvalue weighted by Gasteiger charge is -2.20. The second-order valence-corrected chi connectivity index (χ2v) is 5.46. The molecule has 1 fully saturated rings. The third-order valence-electron chi connectivity index (χ3n) is 3.61. The van der Waals surface area contributed by atoms with Crippen molar-refractivity contribution in [3.63, 3.8) is 0 Å². The van der Waals surface area contributed by atoms with E-state index >= 15 is 0 Å². The van der Waals surface area contributed by atoms with E-state index in [1.54, 1.807) is 0 Å². The fraction of sp³-hybridized carbons (Fsp3) is 0.562. The summed E-state index contributed by atoms with van der Waals surface area (Å²) in [6.45, 7) is 5.02. The summed E-state index contributed by atoms with van der Waals surface area (Å²) in [4.78, 5) is 12.1. The van der Waals surface area contributed by atoms with Crippen molar-refractivity contribution in [2.45, 2.75) is 45.2 Å². The minimum atomic E-state index is 0.147. The van der Waals surface area contributed by atoms with Gasteiger partial charge in [-0.3, -0.25) is 4.79 Å². The first-order valence-corrected chi connectivity index (χ1v) is 7.28. The van der Waals surface area contributed by atoms with Gasteiger partial charge in [0.15, 0.2) is 0 Å². The molecule has 2 rings (SSSR count). The van der Waals surface area contributed by atoms with Crippen LogP contribution in [0.2, 0.25) is 0 Å². The van der Waals surface area contributed by atoms with Gasteiger partial charge in [0.05, 0.1) is 6.04 Å². The van der Waals surface area contributed by atoms with Gasteiger partial charge in [-0.1, -0.05) is 37.3 Å². The molecule has 2 atom stereocenters. The predicted molar refractivity (Wildman–Crippen MR) is 77.8 cm³/mol.